The smallest absolute Gasteiger partial charge is 0.134 e. The highest BCUT2D eigenvalue weighted by Gasteiger charge is 2.20. The van der Waals surface area contributed by atoms with Crippen LogP contribution in [0.15, 0.2) is 30.3 Å². The molecule has 4 nitrogen and oxygen atoms in total. The van der Waals surface area contributed by atoms with Gasteiger partial charge in [-0.25, -0.2) is 4.98 Å². The van der Waals surface area contributed by atoms with Crippen molar-refractivity contribution < 1.29 is 9.47 Å². The van der Waals surface area contributed by atoms with Crippen LogP contribution in [-0.4, -0.2) is 25.7 Å². The van der Waals surface area contributed by atoms with E-state index in [1.165, 1.54) is 4.88 Å². The van der Waals surface area contributed by atoms with Crippen LogP contribution >= 0.6 is 11.3 Å². The molecule has 0 aliphatic carbocycles. The Morgan fingerprint density at radius 3 is 2.67 bits per heavy atom. The summed E-state index contributed by atoms with van der Waals surface area (Å²) < 4.78 is 11.2. The van der Waals surface area contributed by atoms with Crippen molar-refractivity contribution in [3.05, 3.63) is 51.5 Å². The lowest BCUT2D eigenvalue weighted by Crippen LogP contribution is -2.06. The van der Waals surface area contributed by atoms with E-state index in [-0.39, 0.29) is 6.10 Å². The number of benzene rings is 1. The van der Waals surface area contributed by atoms with Gasteiger partial charge in [0.2, 0.25) is 0 Å². The van der Waals surface area contributed by atoms with Gasteiger partial charge in [-0.05, 0) is 19.5 Å². The molecule has 1 atom stereocenters. The van der Waals surface area contributed by atoms with Crippen LogP contribution in [0.3, 0.4) is 0 Å². The Labute approximate surface area is 130 Å². The predicted octanol–water partition coefficient (Wildman–Crippen LogP) is 3.13. The highest BCUT2D eigenvalue weighted by atomic mass is 32.1. The van der Waals surface area contributed by atoms with Crippen molar-refractivity contribution >= 4 is 11.3 Å². The summed E-state index contributed by atoms with van der Waals surface area (Å²) in [6.07, 6.45) is -0.109. The molecule has 0 bridgehead atoms. The van der Waals surface area contributed by atoms with Gasteiger partial charge in [-0.2, -0.15) is 0 Å². The molecule has 114 valence electrons. The molecule has 1 unspecified atom stereocenters. The first-order chi connectivity index (χ1) is 10.3. The minimum absolute atomic E-state index is 0.109. The molecule has 0 aliphatic rings. The van der Waals surface area contributed by atoms with Gasteiger partial charge in [-0.1, -0.05) is 30.3 Å². The molecule has 0 spiro atoms. The number of hydrogen-bond acceptors (Lipinski definition) is 5. The average Bonchev–Trinajstić information content (AvgIpc) is 2.89. The lowest BCUT2D eigenvalue weighted by molar-refractivity contribution is 0.0907. The summed E-state index contributed by atoms with van der Waals surface area (Å²) >= 11 is 1.69. The van der Waals surface area contributed by atoms with Crippen molar-refractivity contribution in [2.75, 3.05) is 20.8 Å². The van der Waals surface area contributed by atoms with E-state index in [1.54, 1.807) is 18.4 Å². The fraction of sp³-hybridized carbons (Fsp3) is 0.438. The fourth-order valence-corrected chi connectivity index (χ4v) is 3.33. The molecule has 21 heavy (non-hydrogen) atoms. The first kappa shape index (κ1) is 16.1. The SMILES string of the molecule is CCOC(c1ccccc1)c1nc(COC)c(CNC)s1. The highest BCUT2D eigenvalue weighted by molar-refractivity contribution is 7.11. The lowest BCUT2D eigenvalue weighted by atomic mass is 10.1. The van der Waals surface area contributed by atoms with Crippen LogP contribution in [0.5, 0.6) is 0 Å². The minimum atomic E-state index is -0.109. The van der Waals surface area contributed by atoms with Crippen LogP contribution in [0, 0.1) is 0 Å². The second kappa shape index (κ2) is 8.24. The van der Waals surface area contributed by atoms with Crippen LogP contribution in [0.4, 0.5) is 0 Å². The molecule has 5 heteroatoms. The highest BCUT2D eigenvalue weighted by Crippen LogP contribution is 2.31. The zero-order chi connectivity index (χ0) is 15.1. The van der Waals surface area contributed by atoms with E-state index in [2.05, 4.69) is 17.4 Å². The third-order valence-electron chi connectivity index (χ3n) is 3.07. The first-order valence-corrected chi connectivity index (χ1v) is 7.90. The van der Waals surface area contributed by atoms with Crippen molar-refractivity contribution in [2.24, 2.45) is 0 Å². The third-order valence-corrected chi connectivity index (χ3v) is 4.21. The van der Waals surface area contributed by atoms with Crippen molar-refractivity contribution in [1.29, 1.82) is 0 Å². The Bertz CT molecular complexity index is 519. The van der Waals surface area contributed by atoms with Gasteiger partial charge in [0.05, 0.1) is 12.3 Å². The molecule has 0 saturated heterocycles. The molecule has 1 N–H and O–H groups in total. The molecule has 0 fully saturated rings. The summed E-state index contributed by atoms with van der Waals surface area (Å²) in [7, 11) is 3.63. The summed E-state index contributed by atoms with van der Waals surface area (Å²) in [5.74, 6) is 0. The molecule has 0 aliphatic heterocycles. The number of rotatable bonds is 8. The van der Waals surface area contributed by atoms with Crippen molar-refractivity contribution in [3.63, 3.8) is 0 Å². The number of nitrogens with zero attached hydrogens (tertiary/aromatic N) is 1. The van der Waals surface area contributed by atoms with Gasteiger partial charge in [0.1, 0.15) is 11.1 Å². The summed E-state index contributed by atoms with van der Waals surface area (Å²) in [5, 5.41) is 4.17. The molecule has 0 saturated carbocycles. The van der Waals surface area contributed by atoms with Crippen LogP contribution < -0.4 is 5.32 Å². The van der Waals surface area contributed by atoms with Crippen LogP contribution in [0.2, 0.25) is 0 Å². The second-order valence-electron chi connectivity index (χ2n) is 4.63. The fourth-order valence-electron chi connectivity index (χ4n) is 2.17. The molecular weight excluding hydrogens is 284 g/mol. The molecule has 0 radical (unpaired) electrons. The largest absolute Gasteiger partial charge is 0.378 e. The van der Waals surface area contributed by atoms with Gasteiger partial charge in [-0.3, -0.25) is 0 Å². The number of hydrogen-bond donors (Lipinski definition) is 1. The number of ether oxygens (including phenoxy) is 2. The molecule has 1 heterocycles. The Morgan fingerprint density at radius 1 is 1.29 bits per heavy atom. The predicted molar refractivity (Wildman–Crippen MR) is 85.5 cm³/mol. The van der Waals surface area contributed by atoms with Crippen LogP contribution in [0.25, 0.3) is 0 Å². The van der Waals surface area contributed by atoms with E-state index in [9.17, 15) is 0 Å². The maximum absolute atomic E-state index is 5.93. The van der Waals surface area contributed by atoms with E-state index in [1.807, 2.05) is 32.2 Å². The quantitative estimate of drug-likeness (QED) is 0.814. The molecule has 1 aromatic carbocycles. The number of aromatic nitrogens is 1. The van der Waals surface area contributed by atoms with E-state index in [0.717, 1.165) is 22.8 Å². The van der Waals surface area contributed by atoms with E-state index < -0.39 is 0 Å². The van der Waals surface area contributed by atoms with Crippen molar-refractivity contribution in [3.8, 4) is 0 Å². The van der Waals surface area contributed by atoms with Gasteiger partial charge >= 0.3 is 0 Å². The van der Waals surface area contributed by atoms with Crippen LogP contribution in [0.1, 0.15) is 34.2 Å². The minimum Gasteiger partial charge on any atom is -0.378 e. The van der Waals surface area contributed by atoms with E-state index in [4.69, 9.17) is 14.5 Å². The standard InChI is InChI=1S/C16H22N2O2S/c1-4-20-15(12-8-6-5-7-9-12)16-18-13(11-19-3)14(21-16)10-17-2/h5-9,15,17H,4,10-11H2,1-3H3. The molecule has 2 rings (SSSR count). The summed E-state index contributed by atoms with van der Waals surface area (Å²) in [4.78, 5) is 5.95. The Balaban J connectivity index is 2.34. The zero-order valence-corrected chi connectivity index (χ0v) is 13.6. The van der Waals surface area contributed by atoms with Crippen molar-refractivity contribution in [1.82, 2.24) is 10.3 Å². The molecule has 1 aromatic heterocycles. The maximum Gasteiger partial charge on any atom is 0.134 e. The molecule has 2 aromatic rings. The number of methoxy groups -OCH3 is 1. The summed E-state index contributed by atoms with van der Waals surface area (Å²) in [5.41, 5.74) is 2.13. The van der Waals surface area contributed by atoms with E-state index >= 15 is 0 Å². The van der Waals surface area contributed by atoms with Crippen molar-refractivity contribution in [2.45, 2.75) is 26.2 Å². The summed E-state index contributed by atoms with van der Waals surface area (Å²) in [6, 6.07) is 10.2. The lowest BCUT2D eigenvalue weighted by Gasteiger charge is -2.14. The topological polar surface area (TPSA) is 43.4 Å². The van der Waals surface area contributed by atoms with Gasteiger partial charge in [0.25, 0.3) is 0 Å². The molecular formula is C16H22N2O2S. The number of thiazole rings is 1. The van der Waals surface area contributed by atoms with Gasteiger partial charge in [0.15, 0.2) is 0 Å². The Hall–Kier alpha value is -1.27. The average molecular weight is 306 g/mol. The van der Waals surface area contributed by atoms with E-state index in [0.29, 0.717) is 13.2 Å². The first-order valence-electron chi connectivity index (χ1n) is 7.08. The molecule has 0 amide bonds. The van der Waals surface area contributed by atoms with Gasteiger partial charge in [-0.15, -0.1) is 11.3 Å². The second-order valence-corrected chi connectivity index (χ2v) is 5.75. The zero-order valence-electron chi connectivity index (χ0n) is 12.8. The summed E-state index contributed by atoms with van der Waals surface area (Å²) in [6.45, 7) is 3.99. The Morgan fingerprint density at radius 2 is 2.05 bits per heavy atom. The third kappa shape index (κ3) is 4.11. The maximum atomic E-state index is 5.93. The van der Waals surface area contributed by atoms with Crippen LogP contribution in [-0.2, 0) is 22.6 Å². The monoisotopic (exact) mass is 306 g/mol. The van der Waals surface area contributed by atoms with Gasteiger partial charge < -0.3 is 14.8 Å². The number of nitrogens with one attached hydrogen (secondary N) is 1. The Kier molecular flexibility index (Phi) is 6.32. The normalized spacial score (nSPS) is 12.5. The van der Waals surface area contributed by atoms with Gasteiger partial charge in [0, 0.05) is 25.1 Å².